The number of benzene rings is 1. The lowest BCUT2D eigenvalue weighted by molar-refractivity contribution is 0.251. The molecule has 116 valence electrons. The summed E-state index contributed by atoms with van der Waals surface area (Å²) in [5.74, 6) is 0.620. The molecule has 1 aromatic carbocycles. The van der Waals surface area contributed by atoms with Gasteiger partial charge in [0.15, 0.2) is 0 Å². The molecule has 2 N–H and O–H groups in total. The monoisotopic (exact) mass is 299 g/mol. The van der Waals surface area contributed by atoms with Crippen LogP contribution in [-0.2, 0) is 6.54 Å². The summed E-state index contributed by atoms with van der Waals surface area (Å²) in [6.07, 6.45) is 1.68. The molecule has 2 amide bonds. The first-order valence-electron chi connectivity index (χ1n) is 7.07. The molecular weight excluding hydrogens is 278 g/mol. The molecule has 22 heavy (non-hydrogen) atoms. The molecule has 1 aromatic heterocycles. The second-order valence-electron chi connectivity index (χ2n) is 5.30. The van der Waals surface area contributed by atoms with Crippen LogP contribution in [0.15, 0.2) is 30.5 Å². The zero-order valence-electron chi connectivity index (χ0n) is 13.3. The van der Waals surface area contributed by atoms with Gasteiger partial charge in [0.25, 0.3) is 0 Å². The average molecular weight is 299 g/mol. The van der Waals surface area contributed by atoms with Crippen LogP contribution in [0.3, 0.4) is 0 Å². The quantitative estimate of drug-likeness (QED) is 0.910. The number of hydrogen-bond acceptors (Lipinski definition) is 4. The van der Waals surface area contributed by atoms with E-state index in [2.05, 4.69) is 20.6 Å². The molecule has 0 spiro atoms. The molecule has 6 heteroatoms. The minimum atomic E-state index is -0.251. The van der Waals surface area contributed by atoms with E-state index in [1.165, 1.54) is 0 Å². The predicted octanol–water partition coefficient (Wildman–Crippen LogP) is 2.48. The van der Waals surface area contributed by atoms with Crippen molar-refractivity contribution in [3.63, 3.8) is 0 Å². The zero-order chi connectivity index (χ0) is 16.1. The normalized spacial score (nSPS) is 10.2. The second-order valence-corrected chi connectivity index (χ2v) is 5.30. The van der Waals surface area contributed by atoms with Gasteiger partial charge in [-0.15, -0.1) is 0 Å². The van der Waals surface area contributed by atoms with Crippen LogP contribution in [0, 0.1) is 13.8 Å². The average Bonchev–Trinajstić information content (AvgIpc) is 2.50. The molecule has 1 heterocycles. The summed E-state index contributed by atoms with van der Waals surface area (Å²) in [5, 5.41) is 5.66. The summed E-state index contributed by atoms with van der Waals surface area (Å²) in [4.78, 5) is 22.3. The van der Waals surface area contributed by atoms with Crippen molar-refractivity contribution >= 4 is 17.7 Å². The van der Waals surface area contributed by atoms with Gasteiger partial charge in [-0.05, 0) is 37.1 Å². The Morgan fingerprint density at radius 3 is 2.73 bits per heavy atom. The number of urea groups is 1. The Labute approximate surface area is 130 Å². The van der Waals surface area contributed by atoms with Gasteiger partial charge in [-0.25, -0.2) is 14.8 Å². The second kappa shape index (κ2) is 6.89. The highest BCUT2D eigenvalue weighted by molar-refractivity contribution is 5.90. The van der Waals surface area contributed by atoms with Gasteiger partial charge in [0.05, 0.1) is 12.2 Å². The number of carbonyl (C=O) groups excluding carboxylic acids is 1. The van der Waals surface area contributed by atoms with Gasteiger partial charge in [0, 0.05) is 26.0 Å². The summed E-state index contributed by atoms with van der Waals surface area (Å²) < 4.78 is 0. The first-order chi connectivity index (χ1) is 10.5. The van der Waals surface area contributed by atoms with Crippen LogP contribution in [0.25, 0.3) is 0 Å². The maximum absolute atomic E-state index is 12.0. The van der Waals surface area contributed by atoms with E-state index in [1.807, 2.05) is 51.0 Å². The zero-order valence-corrected chi connectivity index (χ0v) is 13.3. The molecule has 0 aliphatic rings. The lowest BCUT2D eigenvalue weighted by Gasteiger charge is -2.13. The summed E-state index contributed by atoms with van der Waals surface area (Å²) in [6, 6.07) is 7.36. The molecule has 0 unspecified atom stereocenters. The summed E-state index contributed by atoms with van der Waals surface area (Å²) in [7, 11) is 3.75. The Bertz CT molecular complexity index is 669. The Kier molecular flexibility index (Phi) is 4.93. The first-order valence-corrected chi connectivity index (χ1v) is 7.07. The number of nitrogens with zero attached hydrogens (tertiary/aromatic N) is 3. The molecule has 0 aliphatic heterocycles. The van der Waals surface area contributed by atoms with Crippen molar-refractivity contribution in [3.8, 4) is 0 Å². The fourth-order valence-corrected chi connectivity index (χ4v) is 1.92. The Hall–Kier alpha value is -2.63. The molecular formula is C16H21N5O. The smallest absolute Gasteiger partial charge is 0.319 e. The molecule has 0 bridgehead atoms. The maximum atomic E-state index is 12.0. The molecule has 2 rings (SSSR count). The van der Waals surface area contributed by atoms with Crippen LogP contribution in [0.1, 0.15) is 16.8 Å². The predicted molar refractivity (Wildman–Crippen MR) is 88.1 cm³/mol. The molecule has 0 aliphatic carbocycles. The van der Waals surface area contributed by atoms with E-state index < -0.39 is 0 Å². The van der Waals surface area contributed by atoms with E-state index in [-0.39, 0.29) is 6.03 Å². The molecule has 0 atom stereocenters. The number of nitrogens with one attached hydrogen (secondary N) is 2. The van der Waals surface area contributed by atoms with Crippen molar-refractivity contribution in [1.29, 1.82) is 0 Å². The third kappa shape index (κ3) is 3.94. The highest BCUT2D eigenvalue weighted by atomic mass is 16.2. The molecule has 6 nitrogen and oxygen atoms in total. The highest BCUT2D eigenvalue weighted by Crippen LogP contribution is 2.17. The fourth-order valence-electron chi connectivity index (χ4n) is 1.92. The number of anilines is 2. The van der Waals surface area contributed by atoms with Crippen LogP contribution in [0.2, 0.25) is 0 Å². The SMILES string of the molecule is Cc1cccc(NC(=O)NCc2ccnc(N(C)C)n2)c1C. The first kappa shape index (κ1) is 15.8. The largest absolute Gasteiger partial charge is 0.347 e. The number of amides is 2. The van der Waals surface area contributed by atoms with E-state index >= 15 is 0 Å². The van der Waals surface area contributed by atoms with Gasteiger partial charge in [-0.1, -0.05) is 12.1 Å². The minimum Gasteiger partial charge on any atom is -0.347 e. The Morgan fingerprint density at radius 2 is 2.00 bits per heavy atom. The molecule has 0 saturated heterocycles. The number of aryl methyl sites for hydroxylation is 1. The molecule has 0 saturated carbocycles. The van der Waals surface area contributed by atoms with Crippen molar-refractivity contribution in [3.05, 3.63) is 47.3 Å². The van der Waals surface area contributed by atoms with Crippen molar-refractivity contribution < 1.29 is 4.79 Å². The van der Waals surface area contributed by atoms with Gasteiger partial charge in [0.1, 0.15) is 0 Å². The molecule has 0 radical (unpaired) electrons. The Morgan fingerprint density at radius 1 is 1.23 bits per heavy atom. The third-order valence-corrected chi connectivity index (χ3v) is 3.38. The lowest BCUT2D eigenvalue weighted by atomic mass is 10.1. The number of aromatic nitrogens is 2. The van der Waals surface area contributed by atoms with Crippen LogP contribution in [0.4, 0.5) is 16.4 Å². The van der Waals surface area contributed by atoms with E-state index in [0.717, 1.165) is 22.5 Å². The van der Waals surface area contributed by atoms with E-state index in [4.69, 9.17) is 0 Å². The van der Waals surface area contributed by atoms with Crippen molar-refractivity contribution in [1.82, 2.24) is 15.3 Å². The highest BCUT2D eigenvalue weighted by Gasteiger charge is 2.07. The van der Waals surface area contributed by atoms with Crippen LogP contribution in [-0.4, -0.2) is 30.1 Å². The van der Waals surface area contributed by atoms with Gasteiger partial charge in [-0.3, -0.25) is 0 Å². The van der Waals surface area contributed by atoms with Gasteiger partial charge >= 0.3 is 6.03 Å². The topological polar surface area (TPSA) is 70.2 Å². The third-order valence-electron chi connectivity index (χ3n) is 3.38. The van der Waals surface area contributed by atoms with Crippen molar-refractivity contribution in [2.24, 2.45) is 0 Å². The maximum Gasteiger partial charge on any atom is 0.319 e. The van der Waals surface area contributed by atoms with Gasteiger partial charge < -0.3 is 15.5 Å². The Balaban J connectivity index is 1.96. The van der Waals surface area contributed by atoms with E-state index in [9.17, 15) is 4.79 Å². The molecule has 2 aromatic rings. The summed E-state index contributed by atoms with van der Waals surface area (Å²) in [6.45, 7) is 4.35. The van der Waals surface area contributed by atoms with E-state index in [0.29, 0.717) is 12.5 Å². The standard InChI is InChI=1S/C16H21N5O/c1-11-6-5-7-14(12(11)2)20-16(22)18-10-13-8-9-17-15(19-13)21(3)4/h5-9H,10H2,1-4H3,(H2,18,20,22). The number of rotatable bonds is 4. The summed E-state index contributed by atoms with van der Waals surface area (Å²) in [5.41, 5.74) is 3.78. The van der Waals surface area contributed by atoms with Gasteiger partial charge in [0.2, 0.25) is 5.95 Å². The number of hydrogen-bond donors (Lipinski definition) is 2. The summed E-state index contributed by atoms with van der Waals surface area (Å²) >= 11 is 0. The van der Waals surface area contributed by atoms with Crippen LogP contribution < -0.4 is 15.5 Å². The fraction of sp³-hybridized carbons (Fsp3) is 0.312. The number of carbonyl (C=O) groups is 1. The lowest BCUT2D eigenvalue weighted by Crippen LogP contribution is -2.29. The molecule has 0 fully saturated rings. The van der Waals surface area contributed by atoms with E-state index in [1.54, 1.807) is 12.3 Å². The van der Waals surface area contributed by atoms with Crippen LogP contribution in [0.5, 0.6) is 0 Å². The minimum absolute atomic E-state index is 0.251. The van der Waals surface area contributed by atoms with Gasteiger partial charge in [-0.2, -0.15) is 0 Å². The van der Waals surface area contributed by atoms with Crippen molar-refractivity contribution in [2.75, 3.05) is 24.3 Å². The van der Waals surface area contributed by atoms with Crippen LogP contribution >= 0.6 is 0 Å². The van der Waals surface area contributed by atoms with Crippen molar-refractivity contribution in [2.45, 2.75) is 20.4 Å².